The molecule has 1 aliphatic rings. The number of hydrogen-bond donors (Lipinski definition) is 0. The molecule has 0 radical (unpaired) electrons. The zero-order valence-electron chi connectivity index (χ0n) is 9.07. The van der Waals surface area contributed by atoms with Crippen molar-refractivity contribution in [2.24, 2.45) is 0 Å². The molecule has 0 unspecified atom stereocenters. The number of aromatic nitrogens is 3. The average molecular weight is 271 g/mol. The maximum atomic E-state index is 4.46. The van der Waals surface area contributed by atoms with E-state index in [1.807, 2.05) is 13.8 Å². The summed E-state index contributed by atoms with van der Waals surface area (Å²) >= 11 is 3.63. The van der Waals surface area contributed by atoms with E-state index in [1.165, 1.54) is 0 Å². The summed E-state index contributed by atoms with van der Waals surface area (Å²) < 4.78 is 0. The van der Waals surface area contributed by atoms with Gasteiger partial charge in [0.1, 0.15) is 0 Å². The highest BCUT2D eigenvalue weighted by Crippen LogP contribution is 2.20. The molecule has 0 aromatic carbocycles. The van der Waals surface area contributed by atoms with Crippen molar-refractivity contribution in [3.8, 4) is 0 Å². The van der Waals surface area contributed by atoms with Gasteiger partial charge in [-0.3, -0.25) is 0 Å². The van der Waals surface area contributed by atoms with Crippen LogP contribution in [-0.4, -0.2) is 33.1 Å². The van der Waals surface area contributed by atoms with E-state index in [2.05, 4.69) is 36.0 Å². The average Bonchev–Trinajstić information content (AvgIpc) is 2.23. The molecule has 15 heavy (non-hydrogen) atoms. The highest BCUT2D eigenvalue weighted by molar-refractivity contribution is 9.09. The molecule has 0 aliphatic carbocycles. The van der Waals surface area contributed by atoms with E-state index in [4.69, 9.17) is 0 Å². The van der Waals surface area contributed by atoms with Crippen LogP contribution in [0.4, 0.5) is 5.95 Å². The van der Waals surface area contributed by atoms with E-state index < -0.39 is 0 Å². The molecule has 1 aliphatic heterocycles. The predicted octanol–water partition coefficient (Wildman–Crippen LogP) is 1.85. The van der Waals surface area contributed by atoms with E-state index in [0.29, 0.717) is 4.83 Å². The van der Waals surface area contributed by atoms with Crippen LogP contribution in [0.2, 0.25) is 0 Å². The minimum absolute atomic E-state index is 0.647. The zero-order chi connectivity index (χ0) is 10.8. The minimum atomic E-state index is 0.647. The Balaban J connectivity index is 2.12. The highest BCUT2D eigenvalue weighted by atomic mass is 79.9. The Morgan fingerprint density at radius 3 is 2.40 bits per heavy atom. The largest absolute Gasteiger partial charge is 0.339 e. The summed E-state index contributed by atoms with van der Waals surface area (Å²) in [7, 11) is 0. The third kappa shape index (κ3) is 2.45. The molecule has 2 rings (SSSR count). The summed E-state index contributed by atoms with van der Waals surface area (Å²) in [6.07, 6.45) is 2.30. The van der Waals surface area contributed by atoms with E-state index >= 15 is 0 Å². The molecule has 1 aromatic heterocycles. The van der Waals surface area contributed by atoms with Gasteiger partial charge in [0, 0.05) is 17.9 Å². The second kappa shape index (κ2) is 4.43. The molecule has 0 saturated carbocycles. The summed E-state index contributed by atoms with van der Waals surface area (Å²) in [5, 5.41) is 8.24. The van der Waals surface area contributed by atoms with Crippen molar-refractivity contribution in [2.75, 3.05) is 18.0 Å². The molecule has 0 amide bonds. The van der Waals surface area contributed by atoms with Crippen LogP contribution in [0.5, 0.6) is 0 Å². The van der Waals surface area contributed by atoms with Gasteiger partial charge in [-0.05, 0) is 26.7 Å². The van der Waals surface area contributed by atoms with E-state index in [-0.39, 0.29) is 0 Å². The summed E-state index contributed by atoms with van der Waals surface area (Å²) in [6.45, 7) is 5.94. The van der Waals surface area contributed by atoms with Gasteiger partial charge < -0.3 is 4.90 Å². The number of anilines is 1. The fraction of sp³-hybridized carbons (Fsp3) is 0.700. The Morgan fingerprint density at radius 1 is 1.13 bits per heavy atom. The van der Waals surface area contributed by atoms with Crippen LogP contribution in [0.3, 0.4) is 0 Å². The summed E-state index contributed by atoms with van der Waals surface area (Å²) in [4.78, 5) is 7.31. The van der Waals surface area contributed by atoms with Crippen molar-refractivity contribution < 1.29 is 0 Å². The summed E-state index contributed by atoms with van der Waals surface area (Å²) in [6, 6.07) is 0. The molecule has 5 heteroatoms. The first-order chi connectivity index (χ1) is 7.16. The van der Waals surface area contributed by atoms with Gasteiger partial charge in [-0.1, -0.05) is 15.9 Å². The molecule has 82 valence electrons. The zero-order valence-corrected chi connectivity index (χ0v) is 10.7. The Bertz CT molecular complexity index is 347. The lowest BCUT2D eigenvalue weighted by atomic mass is 10.1. The molecule has 0 N–H and O–H groups in total. The summed E-state index contributed by atoms with van der Waals surface area (Å²) in [5.74, 6) is 0.775. The number of aryl methyl sites for hydroxylation is 2. The Hall–Kier alpha value is -0.710. The monoisotopic (exact) mass is 270 g/mol. The van der Waals surface area contributed by atoms with E-state index in [9.17, 15) is 0 Å². The predicted molar refractivity (Wildman–Crippen MR) is 63.5 cm³/mol. The van der Waals surface area contributed by atoms with Crippen LogP contribution in [0.15, 0.2) is 0 Å². The van der Waals surface area contributed by atoms with Crippen LogP contribution >= 0.6 is 15.9 Å². The second-order valence-corrected chi connectivity index (χ2v) is 5.24. The van der Waals surface area contributed by atoms with Crippen molar-refractivity contribution in [1.82, 2.24) is 15.2 Å². The first-order valence-electron chi connectivity index (χ1n) is 5.24. The molecule has 1 aromatic rings. The van der Waals surface area contributed by atoms with Crippen molar-refractivity contribution in [3.05, 3.63) is 11.4 Å². The molecule has 4 nitrogen and oxygen atoms in total. The fourth-order valence-corrected chi connectivity index (χ4v) is 2.04. The molecule has 0 spiro atoms. The highest BCUT2D eigenvalue weighted by Gasteiger charge is 2.19. The standard InChI is InChI=1S/C10H15BrN4/c1-7-8(2)13-14-10(12-7)15-5-3-9(11)4-6-15/h9H,3-6H2,1-2H3. The SMILES string of the molecule is Cc1nnc(N2CCC(Br)CC2)nc1C. The lowest BCUT2D eigenvalue weighted by Crippen LogP contribution is -2.35. The van der Waals surface area contributed by atoms with Crippen molar-refractivity contribution >= 4 is 21.9 Å². The van der Waals surface area contributed by atoms with Gasteiger partial charge in [-0.2, -0.15) is 5.10 Å². The number of halogens is 1. The second-order valence-electron chi connectivity index (χ2n) is 3.94. The molecule has 1 fully saturated rings. The third-order valence-electron chi connectivity index (χ3n) is 2.79. The molecule has 1 saturated heterocycles. The topological polar surface area (TPSA) is 41.9 Å². The third-order valence-corrected chi connectivity index (χ3v) is 3.70. The fourth-order valence-electron chi connectivity index (χ4n) is 1.63. The molecular weight excluding hydrogens is 256 g/mol. The van der Waals surface area contributed by atoms with Crippen molar-refractivity contribution in [3.63, 3.8) is 0 Å². The van der Waals surface area contributed by atoms with Crippen molar-refractivity contribution in [2.45, 2.75) is 31.5 Å². The van der Waals surface area contributed by atoms with E-state index in [0.717, 1.165) is 43.3 Å². The lowest BCUT2D eigenvalue weighted by molar-refractivity contribution is 0.581. The Kier molecular flexibility index (Phi) is 3.19. The van der Waals surface area contributed by atoms with Crippen LogP contribution in [-0.2, 0) is 0 Å². The van der Waals surface area contributed by atoms with Gasteiger partial charge in [-0.25, -0.2) is 4.98 Å². The van der Waals surface area contributed by atoms with Gasteiger partial charge in [0.25, 0.3) is 0 Å². The van der Waals surface area contributed by atoms with E-state index in [1.54, 1.807) is 0 Å². The van der Waals surface area contributed by atoms with Crippen LogP contribution in [0.1, 0.15) is 24.2 Å². The molecule has 0 bridgehead atoms. The lowest BCUT2D eigenvalue weighted by Gasteiger charge is -2.29. The maximum absolute atomic E-state index is 4.46. The van der Waals surface area contributed by atoms with Gasteiger partial charge in [0.15, 0.2) is 0 Å². The first kappa shape index (κ1) is 10.8. The quantitative estimate of drug-likeness (QED) is 0.731. The molecular formula is C10H15BrN4. The normalized spacial score (nSPS) is 18.2. The smallest absolute Gasteiger partial charge is 0.245 e. The molecule has 0 atom stereocenters. The van der Waals surface area contributed by atoms with Crippen LogP contribution in [0, 0.1) is 13.8 Å². The number of piperidine rings is 1. The van der Waals surface area contributed by atoms with Gasteiger partial charge in [0.05, 0.1) is 11.4 Å². The van der Waals surface area contributed by atoms with Gasteiger partial charge in [-0.15, -0.1) is 5.10 Å². The Labute approximate surface area is 98.2 Å². The van der Waals surface area contributed by atoms with Gasteiger partial charge >= 0.3 is 0 Å². The first-order valence-corrected chi connectivity index (χ1v) is 6.15. The van der Waals surface area contributed by atoms with Crippen molar-refractivity contribution in [1.29, 1.82) is 0 Å². The molecule has 2 heterocycles. The summed E-state index contributed by atoms with van der Waals surface area (Å²) in [5.41, 5.74) is 1.88. The number of nitrogens with zero attached hydrogens (tertiary/aromatic N) is 4. The number of alkyl halides is 1. The van der Waals surface area contributed by atoms with Crippen LogP contribution in [0.25, 0.3) is 0 Å². The Morgan fingerprint density at radius 2 is 1.80 bits per heavy atom. The minimum Gasteiger partial charge on any atom is -0.339 e. The number of hydrogen-bond acceptors (Lipinski definition) is 4. The van der Waals surface area contributed by atoms with Gasteiger partial charge in [0.2, 0.25) is 5.95 Å². The maximum Gasteiger partial charge on any atom is 0.245 e. The van der Waals surface area contributed by atoms with Crippen LogP contribution < -0.4 is 4.90 Å². The number of rotatable bonds is 1.